The normalized spacial score (nSPS) is 20.6. The van der Waals surface area contributed by atoms with Crippen LogP contribution in [0.25, 0.3) is 0 Å². The molecule has 40 heavy (non-hydrogen) atoms. The molecule has 2 aliphatic rings. The number of rotatable bonds is 8. The van der Waals surface area contributed by atoms with Crippen LogP contribution in [0, 0.1) is 22.0 Å². The van der Waals surface area contributed by atoms with Crippen LogP contribution in [0.4, 0.5) is 5.69 Å². The summed E-state index contributed by atoms with van der Waals surface area (Å²) in [4.78, 5) is 57.1. The third-order valence-corrected chi connectivity index (χ3v) is 6.83. The third kappa shape index (κ3) is 6.91. The predicted molar refractivity (Wildman–Crippen MR) is 142 cm³/mol. The molecule has 1 saturated heterocycles. The number of ether oxygens (including phenoxy) is 2. The molecule has 2 heterocycles. The third-order valence-electron chi connectivity index (χ3n) is 6.83. The van der Waals surface area contributed by atoms with Crippen LogP contribution >= 0.6 is 0 Å². The molecule has 0 aromatic heterocycles. The highest BCUT2D eigenvalue weighted by Gasteiger charge is 2.42. The number of aliphatic carboxylic acids is 2. The topological polar surface area (TPSA) is 194 Å². The Morgan fingerprint density at radius 1 is 1.05 bits per heavy atom. The first kappa shape index (κ1) is 31.7. The number of nitrogens with one attached hydrogen (secondary N) is 2. The van der Waals surface area contributed by atoms with Gasteiger partial charge < -0.3 is 30.3 Å². The Kier molecular flexibility index (Phi) is 10.7. The Hall–Kier alpha value is -4.52. The van der Waals surface area contributed by atoms with Gasteiger partial charge in [0, 0.05) is 35.5 Å². The van der Waals surface area contributed by atoms with E-state index in [4.69, 9.17) is 19.7 Å². The summed E-state index contributed by atoms with van der Waals surface area (Å²) in [6, 6.07) is 5.19. The van der Waals surface area contributed by atoms with E-state index in [-0.39, 0.29) is 34.7 Å². The van der Waals surface area contributed by atoms with E-state index in [1.807, 2.05) is 0 Å². The van der Waals surface area contributed by atoms with Gasteiger partial charge in [0.15, 0.2) is 0 Å². The van der Waals surface area contributed by atoms with E-state index in [1.54, 1.807) is 26.8 Å². The molecule has 1 fully saturated rings. The minimum Gasteiger partial charge on any atom is -0.481 e. The maximum Gasteiger partial charge on any atom is 0.336 e. The van der Waals surface area contributed by atoms with Gasteiger partial charge in [-0.3, -0.25) is 19.7 Å². The molecule has 0 unspecified atom stereocenters. The maximum absolute atomic E-state index is 12.3. The van der Waals surface area contributed by atoms with Crippen molar-refractivity contribution in [3.8, 4) is 0 Å². The quantitative estimate of drug-likeness (QED) is 0.157. The van der Waals surface area contributed by atoms with Gasteiger partial charge in [-0.15, -0.1) is 0 Å². The summed E-state index contributed by atoms with van der Waals surface area (Å²) in [6.07, 6.45) is -0.137. The fourth-order valence-electron chi connectivity index (χ4n) is 5.02. The number of esters is 2. The lowest BCUT2D eigenvalue weighted by molar-refractivity contribution is -0.385. The van der Waals surface area contributed by atoms with Gasteiger partial charge in [-0.05, 0) is 26.7 Å². The molecular weight excluding hydrogens is 526 g/mol. The average Bonchev–Trinajstić information content (AvgIpc) is 3.31. The fourth-order valence-corrected chi connectivity index (χ4v) is 5.02. The average molecular weight is 560 g/mol. The lowest BCUT2D eigenvalue weighted by atomic mass is 9.79. The Morgan fingerprint density at radius 2 is 1.57 bits per heavy atom. The van der Waals surface area contributed by atoms with Crippen molar-refractivity contribution in [1.29, 1.82) is 0 Å². The number of carbonyl (C=O) groups is 4. The van der Waals surface area contributed by atoms with Crippen LogP contribution in [0.5, 0.6) is 0 Å². The van der Waals surface area contributed by atoms with Crippen molar-refractivity contribution < 1.29 is 43.8 Å². The van der Waals surface area contributed by atoms with Crippen LogP contribution in [0.1, 0.15) is 38.7 Å². The molecule has 3 atom stereocenters. The summed E-state index contributed by atoms with van der Waals surface area (Å²) in [5.74, 6) is -4.77. The van der Waals surface area contributed by atoms with Gasteiger partial charge >= 0.3 is 23.9 Å². The monoisotopic (exact) mass is 559 g/mol. The number of nitrogens with zero attached hydrogens (tertiary/aromatic N) is 1. The molecule has 1 aromatic carbocycles. The zero-order valence-electron chi connectivity index (χ0n) is 22.8. The van der Waals surface area contributed by atoms with E-state index in [2.05, 4.69) is 17.2 Å². The zero-order valence-corrected chi connectivity index (χ0v) is 22.8. The number of benzene rings is 1. The van der Waals surface area contributed by atoms with Crippen molar-refractivity contribution >= 4 is 29.6 Å². The zero-order chi connectivity index (χ0) is 30.3. The second-order valence-electron chi connectivity index (χ2n) is 9.37. The summed E-state index contributed by atoms with van der Waals surface area (Å²) in [7, 11) is 2.42. The molecule has 4 N–H and O–H groups in total. The molecule has 13 heteroatoms. The highest BCUT2D eigenvalue weighted by atomic mass is 16.6. The second-order valence-corrected chi connectivity index (χ2v) is 9.37. The fraction of sp³-hybridized carbons (Fsp3) is 0.407. The number of carbonyl (C=O) groups excluding carboxylic acids is 2. The molecular formula is C27H33N3O10. The number of nitro groups is 1. The predicted octanol–water partition coefficient (Wildman–Crippen LogP) is 2.50. The van der Waals surface area contributed by atoms with Gasteiger partial charge in [0.1, 0.15) is 6.04 Å². The lowest BCUT2D eigenvalue weighted by Gasteiger charge is -2.29. The number of hydrogen-bond acceptors (Lipinski definition) is 10. The van der Waals surface area contributed by atoms with Gasteiger partial charge in [0.05, 0.1) is 42.6 Å². The van der Waals surface area contributed by atoms with E-state index in [9.17, 15) is 29.3 Å². The molecule has 0 spiro atoms. The van der Waals surface area contributed by atoms with Crippen LogP contribution in [-0.2, 0) is 28.7 Å². The highest BCUT2D eigenvalue weighted by Crippen LogP contribution is 2.42. The van der Waals surface area contributed by atoms with Gasteiger partial charge in [0.2, 0.25) is 0 Å². The number of nitro benzene ring substituents is 1. The number of allylic oxidation sites excluding steroid dienone is 2. The number of carboxylic acids is 2. The molecule has 2 aliphatic heterocycles. The van der Waals surface area contributed by atoms with Crippen molar-refractivity contribution in [2.45, 2.75) is 39.2 Å². The minimum atomic E-state index is -0.995. The Labute approximate surface area is 230 Å². The summed E-state index contributed by atoms with van der Waals surface area (Å²) in [5, 5.41) is 34.8. The number of methoxy groups -OCH3 is 2. The number of hydrogen-bond donors (Lipinski definition) is 4. The second kappa shape index (κ2) is 13.5. The SMILES string of the molecule is C=C(C)[C@H]1CN[C@H](C(=O)O)[C@H]1CC(=O)O.COC(=O)C1=C(C)NC(C)=C(C(=O)OC)C1c1ccccc1[N+](=O)[O-]. The van der Waals surface area contributed by atoms with E-state index in [0.29, 0.717) is 17.9 Å². The van der Waals surface area contributed by atoms with E-state index in [0.717, 1.165) is 5.57 Å². The molecule has 216 valence electrons. The lowest BCUT2D eigenvalue weighted by Crippen LogP contribution is -2.36. The first-order valence-electron chi connectivity index (χ1n) is 12.2. The van der Waals surface area contributed by atoms with Crippen LogP contribution in [-0.4, -0.2) is 65.8 Å². The van der Waals surface area contributed by atoms with Crippen molar-refractivity contribution in [1.82, 2.24) is 10.6 Å². The minimum absolute atomic E-state index is 0.0674. The molecule has 0 aliphatic carbocycles. The number of dihydropyridines is 1. The summed E-state index contributed by atoms with van der Waals surface area (Å²) in [6.45, 7) is 9.34. The first-order valence-corrected chi connectivity index (χ1v) is 12.2. The van der Waals surface area contributed by atoms with Crippen LogP contribution in [0.2, 0.25) is 0 Å². The molecule has 0 bridgehead atoms. The largest absolute Gasteiger partial charge is 0.481 e. The van der Waals surface area contributed by atoms with Crippen molar-refractivity contribution in [2.75, 3.05) is 20.8 Å². The molecule has 0 saturated carbocycles. The summed E-state index contributed by atoms with van der Waals surface area (Å²) in [5.41, 5.74) is 2.02. The van der Waals surface area contributed by atoms with Gasteiger partial charge in [-0.25, -0.2) is 9.59 Å². The standard InChI is InChI=1S/C17H18N2O6.C10H15NO4/c1-9-13(16(20)24-3)15(14(10(2)18-9)17(21)25-4)11-7-5-6-8-12(11)19(22)23;1-5(2)7-4-11-9(10(14)15)6(7)3-8(12)13/h5-8,15,18H,1-4H3;6-7,9,11H,1,3-4H2,2H3,(H,12,13)(H,14,15)/t;6-,7+,9-/m.0/s1. The number of carboxylic acid groups (broad SMARTS) is 2. The summed E-state index contributed by atoms with van der Waals surface area (Å²) < 4.78 is 9.66. The van der Waals surface area contributed by atoms with Crippen LogP contribution < -0.4 is 10.6 Å². The molecule has 0 radical (unpaired) electrons. The van der Waals surface area contributed by atoms with E-state index >= 15 is 0 Å². The van der Waals surface area contributed by atoms with Crippen molar-refractivity contribution in [3.63, 3.8) is 0 Å². The van der Waals surface area contributed by atoms with Crippen molar-refractivity contribution in [2.24, 2.45) is 11.8 Å². The first-order chi connectivity index (χ1) is 18.8. The Balaban J connectivity index is 0.000000319. The molecule has 1 aromatic rings. The molecule has 3 rings (SSSR count). The van der Waals surface area contributed by atoms with Gasteiger partial charge in [0.25, 0.3) is 5.69 Å². The summed E-state index contributed by atoms with van der Waals surface area (Å²) >= 11 is 0. The maximum atomic E-state index is 12.3. The Morgan fingerprint density at radius 3 is 2.00 bits per heavy atom. The Bertz CT molecular complexity index is 1220. The van der Waals surface area contributed by atoms with Gasteiger partial charge in [-0.1, -0.05) is 30.4 Å². The smallest absolute Gasteiger partial charge is 0.336 e. The van der Waals surface area contributed by atoms with E-state index < -0.39 is 46.7 Å². The van der Waals surface area contributed by atoms with Crippen LogP contribution in [0.3, 0.4) is 0 Å². The number of para-hydroxylation sites is 1. The van der Waals surface area contributed by atoms with E-state index in [1.165, 1.54) is 32.4 Å². The van der Waals surface area contributed by atoms with Crippen molar-refractivity contribution in [3.05, 3.63) is 74.6 Å². The van der Waals surface area contributed by atoms with Gasteiger partial charge in [-0.2, -0.15) is 0 Å². The molecule has 13 nitrogen and oxygen atoms in total. The molecule has 0 amide bonds. The highest BCUT2D eigenvalue weighted by molar-refractivity contribution is 6.00. The van der Waals surface area contributed by atoms with Crippen LogP contribution in [0.15, 0.2) is 59.0 Å².